The molecule has 0 saturated heterocycles. The summed E-state index contributed by atoms with van der Waals surface area (Å²) in [7, 11) is 0. The van der Waals surface area contributed by atoms with Gasteiger partial charge in [0.15, 0.2) is 0 Å². The Morgan fingerprint density at radius 3 is 1.23 bits per heavy atom. The lowest BCUT2D eigenvalue weighted by molar-refractivity contribution is -0.142. The minimum Gasteiger partial charge on any atom is -0.481 e. The number of carboxylic acids is 6. The maximum Gasteiger partial charge on any atom is 0.326 e. The monoisotopic (exact) mass is 866 g/mol. The summed E-state index contributed by atoms with van der Waals surface area (Å²) in [4.78, 5) is 133. The van der Waals surface area contributed by atoms with Crippen LogP contribution in [-0.4, -0.2) is 140 Å². The van der Waals surface area contributed by atoms with Gasteiger partial charge >= 0.3 is 47.9 Å². The number of anilines is 1. The molecular formula is C34H46N10O17. The van der Waals surface area contributed by atoms with Gasteiger partial charge in [-0.3, -0.25) is 24.0 Å². The summed E-state index contributed by atoms with van der Waals surface area (Å²) in [6, 6.07) is -4.84. The molecular weight excluding hydrogens is 820 g/mol. The van der Waals surface area contributed by atoms with Gasteiger partial charge in [-0.1, -0.05) is 5.11 Å². The zero-order valence-corrected chi connectivity index (χ0v) is 32.2. The summed E-state index contributed by atoms with van der Waals surface area (Å²) in [5.74, 6) is -10.8. The second-order valence-electron chi connectivity index (χ2n) is 12.9. The number of carbonyl (C=O) groups excluding carboxylic acids is 5. The Morgan fingerprint density at radius 2 is 0.902 bits per heavy atom. The van der Waals surface area contributed by atoms with Gasteiger partial charge in [0, 0.05) is 47.7 Å². The van der Waals surface area contributed by atoms with Crippen molar-refractivity contribution in [2.24, 2.45) is 5.11 Å². The third-order valence-corrected chi connectivity index (χ3v) is 8.14. The number of hydrogen-bond acceptors (Lipinski definition) is 12. The van der Waals surface area contributed by atoms with E-state index in [0.29, 0.717) is 0 Å². The van der Waals surface area contributed by atoms with Crippen molar-refractivity contribution in [3.63, 3.8) is 0 Å². The molecule has 0 aliphatic heterocycles. The van der Waals surface area contributed by atoms with Gasteiger partial charge in [0.1, 0.15) is 30.7 Å². The quantitative estimate of drug-likeness (QED) is 0.0216. The van der Waals surface area contributed by atoms with E-state index in [9.17, 15) is 73.2 Å². The van der Waals surface area contributed by atoms with Crippen molar-refractivity contribution >= 4 is 71.3 Å². The summed E-state index contributed by atoms with van der Waals surface area (Å²) in [6.07, 6.45) is -1.76. The SMILES string of the molecule is [N-]=[N+]=NCC(=O)Nc1cc(C(=O)NCCCCC(NC(=O)NC(CCC(=O)O)C(=O)O)C(=O)O)cc(C(=O)NCCCCC(NC(=O)NC(CCC(=O)O)C(=O)O)C(=O)O)c1. The second kappa shape index (κ2) is 27.1. The number of carboxylic acid groups (broad SMARTS) is 6. The molecule has 0 heterocycles. The van der Waals surface area contributed by atoms with Gasteiger partial charge in [-0.05, 0) is 75.1 Å². The molecule has 27 heteroatoms. The number of nitrogens with one attached hydrogen (secondary N) is 7. The van der Waals surface area contributed by atoms with Gasteiger partial charge in [-0.15, -0.1) is 0 Å². The molecule has 7 amide bonds. The van der Waals surface area contributed by atoms with Gasteiger partial charge < -0.3 is 67.9 Å². The predicted octanol–water partition coefficient (Wildman–Crippen LogP) is -0.124. The number of benzene rings is 1. The van der Waals surface area contributed by atoms with Crippen LogP contribution in [0.25, 0.3) is 10.4 Å². The first-order chi connectivity index (χ1) is 28.7. The Bertz CT molecular complexity index is 1740. The van der Waals surface area contributed by atoms with Gasteiger partial charge in [0.05, 0.1) is 0 Å². The highest BCUT2D eigenvalue weighted by atomic mass is 16.4. The van der Waals surface area contributed by atoms with Crippen molar-refractivity contribution in [1.82, 2.24) is 31.9 Å². The van der Waals surface area contributed by atoms with Crippen LogP contribution in [0, 0.1) is 0 Å². The van der Waals surface area contributed by atoms with E-state index in [-0.39, 0.29) is 68.4 Å². The summed E-state index contributed by atoms with van der Waals surface area (Å²) in [5, 5.41) is 73.8. The Kier molecular flexibility index (Phi) is 22.8. The van der Waals surface area contributed by atoms with Crippen molar-refractivity contribution in [2.75, 3.05) is 25.0 Å². The van der Waals surface area contributed by atoms with Crippen LogP contribution in [0.15, 0.2) is 23.3 Å². The van der Waals surface area contributed by atoms with Crippen LogP contribution in [0.5, 0.6) is 0 Å². The molecule has 13 N–H and O–H groups in total. The van der Waals surface area contributed by atoms with E-state index >= 15 is 0 Å². The van der Waals surface area contributed by atoms with E-state index < -0.39 is 122 Å². The first kappa shape index (κ1) is 51.3. The minimum absolute atomic E-state index is 0.0403. The van der Waals surface area contributed by atoms with Crippen molar-refractivity contribution < 1.29 is 83.4 Å². The van der Waals surface area contributed by atoms with Crippen LogP contribution in [0.4, 0.5) is 15.3 Å². The number of amides is 7. The molecule has 0 saturated carbocycles. The van der Waals surface area contributed by atoms with Crippen LogP contribution in [-0.2, 0) is 33.6 Å². The first-order valence-corrected chi connectivity index (χ1v) is 18.2. The molecule has 0 radical (unpaired) electrons. The molecule has 4 unspecified atom stereocenters. The van der Waals surface area contributed by atoms with E-state index in [0.717, 1.165) is 0 Å². The number of aliphatic carboxylic acids is 6. The molecule has 4 atom stereocenters. The Hall–Kier alpha value is -7.70. The highest BCUT2D eigenvalue weighted by Crippen LogP contribution is 2.16. The summed E-state index contributed by atoms with van der Waals surface area (Å²) >= 11 is 0. The molecule has 27 nitrogen and oxygen atoms in total. The number of rotatable bonds is 29. The third kappa shape index (κ3) is 21.6. The first-order valence-electron chi connectivity index (χ1n) is 18.2. The van der Waals surface area contributed by atoms with Crippen LogP contribution in [0.2, 0.25) is 0 Å². The van der Waals surface area contributed by atoms with Crippen molar-refractivity contribution in [3.8, 4) is 0 Å². The Labute approximate surface area is 344 Å². The average Bonchev–Trinajstić information content (AvgIpc) is 3.18. The van der Waals surface area contributed by atoms with E-state index in [4.69, 9.17) is 15.7 Å². The molecule has 61 heavy (non-hydrogen) atoms. The fourth-order valence-corrected chi connectivity index (χ4v) is 5.09. The lowest BCUT2D eigenvalue weighted by Crippen LogP contribution is -2.51. The van der Waals surface area contributed by atoms with E-state index in [1.807, 2.05) is 10.6 Å². The minimum atomic E-state index is -1.59. The standard InChI is InChI=1S/C34H46N10O17/c35-44-38-16-24(45)39-19-14-17(27(50)36-11-3-1-5-20(29(52)53)40-33(60)42-22(31(56)57)7-9-25(46)47)13-18(15-19)28(51)37-12-4-2-6-21(30(54)55)41-34(61)43-23(32(58)59)8-10-26(48)49/h13-15,20-23H,1-12,16H2,(H,36,50)(H,37,51)(H,39,45)(H,46,47)(H,48,49)(H,52,53)(H,54,55)(H,56,57)(H,58,59)(H2,40,42,60)(H2,41,43,61). The normalized spacial score (nSPS) is 12.3. The lowest BCUT2D eigenvalue weighted by Gasteiger charge is -2.18. The zero-order chi connectivity index (χ0) is 46.1. The molecule has 0 bridgehead atoms. The lowest BCUT2D eigenvalue weighted by atomic mass is 10.1. The predicted molar refractivity (Wildman–Crippen MR) is 204 cm³/mol. The molecule has 334 valence electrons. The molecule has 0 aliphatic rings. The average molecular weight is 867 g/mol. The maximum absolute atomic E-state index is 13.1. The number of azide groups is 1. The number of carbonyl (C=O) groups is 11. The van der Waals surface area contributed by atoms with Gasteiger partial charge in [-0.25, -0.2) is 28.8 Å². The summed E-state index contributed by atoms with van der Waals surface area (Å²) < 4.78 is 0. The molecule has 0 fully saturated rings. The van der Waals surface area contributed by atoms with E-state index in [1.54, 1.807) is 0 Å². The van der Waals surface area contributed by atoms with Gasteiger partial charge in [0.2, 0.25) is 5.91 Å². The van der Waals surface area contributed by atoms with Crippen LogP contribution in [0.3, 0.4) is 0 Å². The molecule has 0 aliphatic carbocycles. The smallest absolute Gasteiger partial charge is 0.326 e. The van der Waals surface area contributed by atoms with E-state index in [2.05, 4.69) is 36.6 Å². The third-order valence-electron chi connectivity index (χ3n) is 8.14. The fourth-order valence-electron chi connectivity index (χ4n) is 5.09. The molecule has 0 spiro atoms. The summed E-state index contributed by atoms with van der Waals surface area (Å²) in [5.41, 5.74) is 8.23. The van der Waals surface area contributed by atoms with Crippen LogP contribution < -0.4 is 37.2 Å². The highest BCUT2D eigenvalue weighted by molar-refractivity contribution is 6.03. The van der Waals surface area contributed by atoms with Crippen LogP contribution >= 0.6 is 0 Å². The topological polar surface area (TPSA) is 442 Å². The molecule has 0 aromatic heterocycles. The van der Waals surface area contributed by atoms with E-state index in [1.165, 1.54) is 18.2 Å². The van der Waals surface area contributed by atoms with Crippen molar-refractivity contribution in [3.05, 3.63) is 39.8 Å². The molecule has 1 aromatic rings. The highest BCUT2D eigenvalue weighted by Gasteiger charge is 2.26. The number of nitrogens with zero attached hydrogens (tertiary/aromatic N) is 3. The number of urea groups is 2. The summed E-state index contributed by atoms with van der Waals surface area (Å²) in [6.45, 7) is -0.700. The number of unbranched alkanes of at least 4 members (excludes halogenated alkanes) is 2. The van der Waals surface area contributed by atoms with Gasteiger partial charge in [0.25, 0.3) is 11.8 Å². The van der Waals surface area contributed by atoms with Crippen molar-refractivity contribution in [2.45, 2.75) is 88.4 Å². The maximum atomic E-state index is 13.1. The largest absolute Gasteiger partial charge is 0.481 e. The Morgan fingerprint density at radius 1 is 0.541 bits per heavy atom. The van der Waals surface area contributed by atoms with Gasteiger partial charge in [-0.2, -0.15) is 0 Å². The molecule has 1 rings (SSSR count). The zero-order valence-electron chi connectivity index (χ0n) is 32.2. The number of hydrogen-bond donors (Lipinski definition) is 13. The van der Waals surface area contributed by atoms with Crippen LogP contribution in [0.1, 0.15) is 84.9 Å². The molecule has 1 aromatic carbocycles. The fraction of sp³-hybridized carbons (Fsp3) is 0.500. The van der Waals surface area contributed by atoms with Crippen molar-refractivity contribution in [1.29, 1.82) is 0 Å². The second-order valence-corrected chi connectivity index (χ2v) is 12.9. The Balaban J connectivity index is 2.85.